The molecule has 0 radical (unpaired) electrons. The van der Waals surface area contributed by atoms with Gasteiger partial charge >= 0.3 is 0 Å². The molecule has 2 fully saturated rings. The first-order chi connectivity index (χ1) is 12.0. The molecule has 0 aliphatic carbocycles. The summed E-state index contributed by atoms with van der Waals surface area (Å²) in [6, 6.07) is 8.57. The lowest BCUT2D eigenvalue weighted by molar-refractivity contribution is -0.146. The first-order valence-electron chi connectivity index (χ1n) is 9.63. The van der Waals surface area contributed by atoms with Crippen molar-refractivity contribution in [1.82, 2.24) is 9.80 Å². The Morgan fingerprint density at radius 2 is 1.88 bits per heavy atom. The van der Waals surface area contributed by atoms with Gasteiger partial charge in [0.2, 0.25) is 11.8 Å². The number of aryl methyl sites for hydroxylation is 1. The third-order valence-electron chi connectivity index (χ3n) is 5.58. The number of nitrogens with zero attached hydrogens (tertiary/aromatic N) is 2. The smallest absolute Gasteiger partial charge is 0.245 e. The predicted molar refractivity (Wildman–Crippen MR) is 99.2 cm³/mol. The molecule has 2 atom stereocenters. The minimum absolute atomic E-state index is 0.140. The number of hydrogen-bond acceptors (Lipinski definition) is 2. The van der Waals surface area contributed by atoms with E-state index in [2.05, 4.69) is 49.9 Å². The normalized spacial score (nSPS) is 22.1. The summed E-state index contributed by atoms with van der Waals surface area (Å²) in [5, 5.41) is 0. The van der Waals surface area contributed by atoms with Crippen LogP contribution >= 0.6 is 0 Å². The number of likely N-dealkylation sites (tertiary alicyclic amines) is 2. The van der Waals surface area contributed by atoms with Crippen molar-refractivity contribution in [2.45, 2.75) is 65.0 Å². The first-order valence-corrected chi connectivity index (χ1v) is 9.63. The molecule has 2 saturated heterocycles. The molecule has 25 heavy (non-hydrogen) atoms. The molecule has 2 unspecified atom stereocenters. The molecule has 3 rings (SSSR count). The number of rotatable bonds is 5. The Hall–Kier alpha value is -1.84. The molecule has 2 heterocycles. The molecule has 1 aromatic carbocycles. The molecule has 1 aromatic rings. The van der Waals surface area contributed by atoms with Crippen LogP contribution in [0.5, 0.6) is 0 Å². The molecule has 4 heteroatoms. The summed E-state index contributed by atoms with van der Waals surface area (Å²) in [7, 11) is 0. The maximum absolute atomic E-state index is 13.3. The van der Waals surface area contributed by atoms with E-state index in [1.54, 1.807) is 0 Å². The highest BCUT2D eigenvalue weighted by molar-refractivity contribution is 5.89. The first kappa shape index (κ1) is 18.0. The zero-order chi connectivity index (χ0) is 18.0. The van der Waals surface area contributed by atoms with Crippen molar-refractivity contribution >= 4 is 11.8 Å². The van der Waals surface area contributed by atoms with Gasteiger partial charge in [-0.1, -0.05) is 43.7 Å². The second-order valence-corrected chi connectivity index (χ2v) is 7.90. The van der Waals surface area contributed by atoms with Gasteiger partial charge in [0.1, 0.15) is 6.04 Å². The van der Waals surface area contributed by atoms with Crippen LogP contribution in [-0.4, -0.2) is 46.8 Å². The molecule has 4 nitrogen and oxygen atoms in total. The second kappa shape index (κ2) is 7.59. The van der Waals surface area contributed by atoms with Gasteiger partial charge in [-0.3, -0.25) is 9.59 Å². The summed E-state index contributed by atoms with van der Waals surface area (Å²) < 4.78 is 0. The van der Waals surface area contributed by atoms with Crippen molar-refractivity contribution in [1.29, 1.82) is 0 Å². The summed E-state index contributed by atoms with van der Waals surface area (Å²) in [5.74, 6) is 0.441. The van der Waals surface area contributed by atoms with Crippen LogP contribution < -0.4 is 0 Å². The van der Waals surface area contributed by atoms with Gasteiger partial charge in [0, 0.05) is 25.6 Å². The Morgan fingerprint density at radius 3 is 2.48 bits per heavy atom. The lowest BCUT2D eigenvalue weighted by atomic mass is 9.99. The predicted octanol–water partition coefficient (Wildman–Crippen LogP) is 3.18. The van der Waals surface area contributed by atoms with E-state index in [9.17, 15) is 9.59 Å². The Balaban J connectivity index is 1.74. The van der Waals surface area contributed by atoms with Crippen LogP contribution in [0.15, 0.2) is 24.3 Å². The molecule has 2 aliphatic rings. The average molecular weight is 342 g/mol. The highest BCUT2D eigenvalue weighted by atomic mass is 16.2. The average Bonchev–Trinajstić information content (AvgIpc) is 3.19. The van der Waals surface area contributed by atoms with Gasteiger partial charge in [0.05, 0.1) is 0 Å². The van der Waals surface area contributed by atoms with Gasteiger partial charge in [-0.25, -0.2) is 0 Å². The molecule has 136 valence electrons. The Morgan fingerprint density at radius 1 is 1.16 bits per heavy atom. The van der Waals surface area contributed by atoms with Crippen molar-refractivity contribution in [3.05, 3.63) is 35.4 Å². The minimum Gasteiger partial charge on any atom is -0.338 e. The number of benzene rings is 1. The van der Waals surface area contributed by atoms with Crippen molar-refractivity contribution in [3.8, 4) is 0 Å². The molecule has 0 aromatic heterocycles. The van der Waals surface area contributed by atoms with Gasteiger partial charge in [0.25, 0.3) is 0 Å². The summed E-state index contributed by atoms with van der Waals surface area (Å²) >= 11 is 0. The van der Waals surface area contributed by atoms with Crippen LogP contribution in [0.3, 0.4) is 0 Å². The summed E-state index contributed by atoms with van der Waals surface area (Å²) in [5.41, 5.74) is 2.55. The van der Waals surface area contributed by atoms with Crippen LogP contribution in [0.1, 0.15) is 50.7 Å². The van der Waals surface area contributed by atoms with Crippen LogP contribution in [-0.2, 0) is 16.0 Å². The fourth-order valence-electron chi connectivity index (χ4n) is 4.25. The van der Waals surface area contributed by atoms with Crippen molar-refractivity contribution in [2.75, 3.05) is 13.1 Å². The van der Waals surface area contributed by atoms with E-state index in [0.717, 1.165) is 38.8 Å². The highest BCUT2D eigenvalue weighted by Gasteiger charge is 2.40. The number of carbonyl (C=O) groups excluding carboxylic acids is 2. The third kappa shape index (κ3) is 3.88. The fourth-order valence-corrected chi connectivity index (χ4v) is 4.25. The number of amides is 2. The maximum Gasteiger partial charge on any atom is 0.245 e. The third-order valence-corrected chi connectivity index (χ3v) is 5.58. The van der Waals surface area contributed by atoms with Gasteiger partial charge in [-0.15, -0.1) is 0 Å². The van der Waals surface area contributed by atoms with Gasteiger partial charge < -0.3 is 9.80 Å². The Labute approximate surface area is 151 Å². The van der Waals surface area contributed by atoms with Crippen LogP contribution in [0, 0.1) is 12.8 Å². The summed E-state index contributed by atoms with van der Waals surface area (Å²) in [4.78, 5) is 29.4. The molecule has 2 amide bonds. The largest absolute Gasteiger partial charge is 0.338 e. The van der Waals surface area contributed by atoms with E-state index in [1.165, 1.54) is 11.1 Å². The standard InChI is InChI=1S/C21H30N2O2/c1-15(2)20(23-13-5-7-19(23)24)21(25)22-12-4-6-18(22)14-17-10-8-16(3)9-11-17/h8-11,15,18,20H,4-7,12-14H2,1-3H3. The van der Waals surface area contributed by atoms with Crippen molar-refractivity contribution in [2.24, 2.45) is 5.92 Å². The van der Waals surface area contributed by atoms with E-state index in [0.29, 0.717) is 6.42 Å². The van der Waals surface area contributed by atoms with E-state index in [4.69, 9.17) is 0 Å². The van der Waals surface area contributed by atoms with E-state index >= 15 is 0 Å². The molecular formula is C21H30N2O2. The van der Waals surface area contributed by atoms with Crippen LogP contribution in [0.4, 0.5) is 0 Å². The van der Waals surface area contributed by atoms with E-state index in [1.807, 2.05) is 4.90 Å². The molecule has 0 N–H and O–H groups in total. The minimum atomic E-state index is -0.298. The molecule has 2 aliphatic heterocycles. The molecular weight excluding hydrogens is 312 g/mol. The maximum atomic E-state index is 13.3. The van der Waals surface area contributed by atoms with Crippen LogP contribution in [0.25, 0.3) is 0 Å². The van der Waals surface area contributed by atoms with E-state index < -0.39 is 0 Å². The van der Waals surface area contributed by atoms with E-state index in [-0.39, 0.29) is 29.8 Å². The van der Waals surface area contributed by atoms with Gasteiger partial charge in [-0.05, 0) is 44.1 Å². The van der Waals surface area contributed by atoms with Crippen LogP contribution in [0.2, 0.25) is 0 Å². The Kier molecular flexibility index (Phi) is 5.45. The van der Waals surface area contributed by atoms with Crippen molar-refractivity contribution in [3.63, 3.8) is 0 Å². The summed E-state index contributed by atoms with van der Waals surface area (Å²) in [6.07, 6.45) is 4.48. The lowest BCUT2D eigenvalue weighted by Gasteiger charge is -2.35. The zero-order valence-electron chi connectivity index (χ0n) is 15.7. The molecule has 0 bridgehead atoms. The lowest BCUT2D eigenvalue weighted by Crippen LogP contribution is -2.53. The van der Waals surface area contributed by atoms with Gasteiger partial charge in [-0.2, -0.15) is 0 Å². The number of hydrogen-bond donors (Lipinski definition) is 0. The highest BCUT2D eigenvalue weighted by Crippen LogP contribution is 2.27. The summed E-state index contributed by atoms with van der Waals surface area (Å²) in [6.45, 7) is 7.75. The SMILES string of the molecule is Cc1ccc(CC2CCCN2C(=O)C(C(C)C)N2CCCC2=O)cc1. The molecule has 0 saturated carbocycles. The van der Waals surface area contributed by atoms with Gasteiger partial charge in [0.15, 0.2) is 0 Å². The zero-order valence-corrected chi connectivity index (χ0v) is 15.7. The monoisotopic (exact) mass is 342 g/mol. The topological polar surface area (TPSA) is 40.6 Å². The number of carbonyl (C=O) groups is 2. The molecule has 0 spiro atoms. The second-order valence-electron chi connectivity index (χ2n) is 7.90. The quantitative estimate of drug-likeness (QED) is 0.825. The Bertz CT molecular complexity index is 623. The van der Waals surface area contributed by atoms with Crippen molar-refractivity contribution < 1.29 is 9.59 Å². The fraction of sp³-hybridized carbons (Fsp3) is 0.619.